The largest absolute Gasteiger partial charge is 0.490 e. The fraction of sp³-hybridized carbons (Fsp3) is 0.619. The van der Waals surface area contributed by atoms with Crippen LogP contribution in [0.1, 0.15) is 59.1 Å². The van der Waals surface area contributed by atoms with Gasteiger partial charge in [-0.3, -0.25) is 4.79 Å². The molecule has 0 aliphatic carbocycles. The maximum Gasteiger partial charge on any atom is 0.239 e. The molecule has 0 aliphatic heterocycles. The normalized spacial score (nSPS) is 12.6. The molecule has 7 heteroatoms. The van der Waals surface area contributed by atoms with Crippen molar-refractivity contribution in [3.8, 4) is 5.75 Å². The molecule has 3 N–H and O–H groups in total. The zero-order valence-corrected chi connectivity index (χ0v) is 20.6. The van der Waals surface area contributed by atoms with Crippen LogP contribution in [0.15, 0.2) is 23.2 Å². The van der Waals surface area contributed by atoms with Gasteiger partial charge < -0.3 is 20.7 Å². The van der Waals surface area contributed by atoms with Crippen LogP contribution in [-0.4, -0.2) is 36.6 Å². The highest BCUT2D eigenvalue weighted by atomic mass is 127. The fourth-order valence-corrected chi connectivity index (χ4v) is 2.33. The summed E-state index contributed by atoms with van der Waals surface area (Å²) in [4.78, 5) is 16.6. The third-order valence-corrected chi connectivity index (χ3v) is 3.81. The van der Waals surface area contributed by atoms with E-state index >= 15 is 0 Å². The number of hydrogen-bond acceptors (Lipinski definition) is 3. The number of aliphatic imine (C=N–C) groups is 1. The molecule has 0 saturated heterocycles. The van der Waals surface area contributed by atoms with Gasteiger partial charge in [0.25, 0.3) is 0 Å². The fourth-order valence-electron chi connectivity index (χ4n) is 2.33. The predicted octanol–water partition coefficient (Wildman–Crippen LogP) is 3.76. The summed E-state index contributed by atoms with van der Waals surface area (Å²) in [6.45, 7) is 15.5. The number of ether oxygens (including phenoxy) is 1. The molecule has 0 saturated carbocycles. The Hall–Kier alpha value is -1.51. The molecular weight excluding hydrogens is 467 g/mol. The Labute approximate surface area is 187 Å². The molecule has 0 radical (unpaired) electrons. The van der Waals surface area contributed by atoms with Crippen LogP contribution in [0.4, 0.5) is 0 Å². The van der Waals surface area contributed by atoms with Crippen molar-refractivity contribution in [1.82, 2.24) is 16.0 Å². The van der Waals surface area contributed by atoms with Gasteiger partial charge in [0.2, 0.25) is 5.91 Å². The van der Waals surface area contributed by atoms with Crippen LogP contribution < -0.4 is 20.7 Å². The Kier molecular flexibility index (Phi) is 12.2. The first kappa shape index (κ1) is 26.5. The van der Waals surface area contributed by atoms with E-state index in [0.29, 0.717) is 12.5 Å². The van der Waals surface area contributed by atoms with E-state index in [1.807, 2.05) is 39.8 Å². The second kappa shape index (κ2) is 12.9. The van der Waals surface area contributed by atoms with Crippen molar-refractivity contribution in [2.24, 2.45) is 4.99 Å². The number of amides is 1. The standard InChI is InChI=1S/C21H36N4O2.HI/c1-8-16(4)27-18-12-15(3)10-11-17(18)13-23-20(22-9-2)24-14-19(26)25-21(5,6)7;/h10-12,16H,8-9,13-14H2,1-7H3,(H,25,26)(H2,22,23,24);1H. The van der Waals surface area contributed by atoms with E-state index in [0.717, 1.165) is 29.8 Å². The molecule has 160 valence electrons. The Morgan fingerprint density at radius 2 is 1.89 bits per heavy atom. The van der Waals surface area contributed by atoms with Gasteiger partial charge >= 0.3 is 0 Å². The van der Waals surface area contributed by atoms with Gasteiger partial charge in [0.05, 0.1) is 19.2 Å². The molecule has 1 aromatic carbocycles. The minimum absolute atomic E-state index is 0. The van der Waals surface area contributed by atoms with Gasteiger partial charge in [0.15, 0.2) is 5.96 Å². The molecule has 0 spiro atoms. The highest BCUT2D eigenvalue weighted by molar-refractivity contribution is 14.0. The highest BCUT2D eigenvalue weighted by Gasteiger charge is 2.14. The quantitative estimate of drug-likeness (QED) is 0.287. The van der Waals surface area contributed by atoms with Gasteiger partial charge in [-0.25, -0.2) is 4.99 Å². The van der Waals surface area contributed by atoms with Crippen LogP contribution >= 0.6 is 24.0 Å². The number of rotatable bonds is 8. The number of carbonyl (C=O) groups excluding carboxylic acids is 1. The molecular formula is C21H37IN4O2. The lowest BCUT2D eigenvalue weighted by atomic mass is 10.1. The Morgan fingerprint density at radius 3 is 2.46 bits per heavy atom. The molecule has 0 fully saturated rings. The minimum Gasteiger partial charge on any atom is -0.490 e. The lowest BCUT2D eigenvalue weighted by Gasteiger charge is -2.21. The Morgan fingerprint density at radius 1 is 1.21 bits per heavy atom. The van der Waals surface area contributed by atoms with Gasteiger partial charge in [-0.05, 0) is 59.6 Å². The maximum absolute atomic E-state index is 12.0. The topological polar surface area (TPSA) is 74.8 Å². The smallest absolute Gasteiger partial charge is 0.239 e. The Balaban J connectivity index is 0.00000729. The average Bonchev–Trinajstić information content (AvgIpc) is 2.57. The van der Waals surface area contributed by atoms with Crippen molar-refractivity contribution in [3.05, 3.63) is 29.3 Å². The first-order valence-corrected chi connectivity index (χ1v) is 9.74. The number of aryl methyl sites for hydroxylation is 1. The molecule has 1 amide bonds. The molecule has 1 rings (SSSR count). The molecule has 6 nitrogen and oxygen atoms in total. The van der Waals surface area contributed by atoms with Gasteiger partial charge in [0, 0.05) is 17.6 Å². The molecule has 0 aliphatic rings. The summed E-state index contributed by atoms with van der Waals surface area (Å²) < 4.78 is 6.05. The third kappa shape index (κ3) is 10.7. The second-order valence-electron chi connectivity index (χ2n) is 7.79. The monoisotopic (exact) mass is 504 g/mol. The summed E-state index contributed by atoms with van der Waals surface area (Å²) in [5.74, 6) is 1.41. The predicted molar refractivity (Wildman–Crippen MR) is 128 cm³/mol. The number of benzene rings is 1. The summed E-state index contributed by atoms with van der Waals surface area (Å²) in [5, 5.41) is 9.18. The number of carbonyl (C=O) groups is 1. The van der Waals surface area contributed by atoms with E-state index in [4.69, 9.17) is 4.74 Å². The molecule has 1 atom stereocenters. The number of guanidine groups is 1. The Bertz CT molecular complexity index is 642. The van der Waals surface area contributed by atoms with Gasteiger partial charge in [-0.1, -0.05) is 19.1 Å². The molecule has 0 bridgehead atoms. The maximum atomic E-state index is 12.0. The van der Waals surface area contributed by atoms with E-state index in [9.17, 15) is 4.79 Å². The number of halogens is 1. The number of nitrogens with one attached hydrogen (secondary N) is 3. The van der Waals surface area contributed by atoms with Gasteiger partial charge in [-0.2, -0.15) is 0 Å². The van der Waals surface area contributed by atoms with E-state index in [-0.39, 0.29) is 48.1 Å². The molecule has 28 heavy (non-hydrogen) atoms. The summed E-state index contributed by atoms with van der Waals surface area (Å²) in [6.07, 6.45) is 1.10. The summed E-state index contributed by atoms with van der Waals surface area (Å²) in [5.41, 5.74) is 1.93. The second-order valence-corrected chi connectivity index (χ2v) is 7.79. The van der Waals surface area contributed by atoms with Crippen molar-refractivity contribution >= 4 is 35.8 Å². The number of nitrogens with zero attached hydrogens (tertiary/aromatic N) is 1. The summed E-state index contributed by atoms with van der Waals surface area (Å²) >= 11 is 0. The van der Waals surface area contributed by atoms with Crippen molar-refractivity contribution in [2.45, 2.75) is 73.1 Å². The van der Waals surface area contributed by atoms with E-state index in [1.54, 1.807) is 0 Å². The first-order chi connectivity index (χ1) is 12.6. The molecule has 0 aromatic heterocycles. The molecule has 1 aromatic rings. The van der Waals surface area contributed by atoms with E-state index in [2.05, 4.69) is 47.8 Å². The molecule has 0 heterocycles. The van der Waals surface area contributed by atoms with Crippen LogP contribution in [0.3, 0.4) is 0 Å². The van der Waals surface area contributed by atoms with Crippen LogP contribution in [0.25, 0.3) is 0 Å². The average molecular weight is 504 g/mol. The third-order valence-electron chi connectivity index (χ3n) is 3.81. The zero-order chi connectivity index (χ0) is 20.4. The molecule has 1 unspecified atom stereocenters. The SMILES string of the molecule is CCNC(=NCc1ccc(C)cc1OC(C)CC)NCC(=O)NC(C)(C)C.I. The minimum atomic E-state index is -0.252. The van der Waals surface area contributed by atoms with Crippen molar-refractivity contribution in [3.63, 3.8) is 0 Å². The van der Waals surface area contributed by atoms with Gasteiger partial charge in [0.1, 0.15) is 5.75 Å². The van der Waals surface area contributed by atoms with Gasteiger partial charge in [-0.15, -0.1) is 24.0 Å². The van der Waals surface area contributed by atoms with Crippen LogP contribution in [0, 0.1) is 6.92 Å². The van der Waals surface area contributed by atoms with Crippen molar-refractivity contribution < 1.29 is 9.53 Å². The number of hydrogen-bond donors (Lipinski definition) is 3. The summed E-state index contributed by atoms with van der Waals surface area (Å²) in [6, 6.07) is 6.16. The lowest BCUT2D eigenvalue weighted by Crippen LogP contribution is -2.48. The summed E-state index contributed by atoms with van der Waals surface area (Å²) in [7, 11) is 0. The van der Waals surface area contributed by atoms with Crippen LogP contribution in [-0.2, 0) is 11.3 Å². The first-order valence-electron chi connectivity index (χ1n) is 9.74. The zero-order valence-electron chi connectivity index (χ0n) is 18.3. The van der Waals surface area contributed by atoms with Crippen LogP contribution in [0.2, 0.25) is 0 Å². The van der Waals surface area contributed by atoms with E-state index < -0.39 is 0 Å². The van der Waals surface area contributed by atoms with Crippen molar-refractivity contribution in [1.29, 1.82) is 0 Å². The lowest BCUT2D eigenvalue weighted by molar-refractivity contribution is -0.121. The van der Waals surface area contributed by atoms with E-state index in [1.165, 1.54) is 0 Å². The van der Waals surface area contributed by atoms with Crippen molar-refractivity contribution in [2.75, 3.05) is 13.1 Å². The highest BCUT2D eigenvalue weighted by Crippen LogP contribution is 2.23. The van der Waals surface area contributed by atoms with Crippen LogP contribution in [0.5, 0.6) is 5.75 Å².